The Hall–Kier alpha value is -2.46. The summed E-state index contributed by atoms with van der Waals surface area (Å²) in [6.45, 7) is 5.82. The van der Waals surface area contributed by atoms with E-state index in [4.69, 9.17) is 16.3 Å². The van der Waals surface area contributed by atoms with Crippen molar-refractivity contribution in [1.82, 2.24) is 9.97 Å². The van der Waals surface area contributed by atoms with Gasteiger partial charge < -0.3 is 4.74 Å². The molecule has 0 atom stereocenters. The Morgan fingerprint density at radius 3 is 2.58 bits per heavy atom. The third-order valence-electron chi connectivity index (χ3n) is 3.54. The summed E-state index contributed by atoms with van der Waals surface area (Å²) >= 11 is 6.07. The zero-order valence-electron chi connectivity index (χ0n) is 14.1. The fourth-order valence-corrected chi connectivity index (χ4v) is 2.64. The lowest BCUT2D eigenvalue weighted by molar-refractivity contribution is 0.0593. The first kappa shape index (κ1) is 17.9. The van der Waals surface area contributed by atoms with Gasteiger partial charge in [-0.25, -0.2) is 9.78 Å². The van der Waals surface area contributed by atoms with Crippen LogP contribution in [0, 0.1) is 6.92 Å². The van der Waals surface area contributed by atoms with Crippen molar-refractivity contribution in [3.05, 3.63) is 59.0 Å². The lowest BCUT2D eigenvalue weighted by Crippen LogP contribution is -2.07. The minimum absolute atomic E-state index is 0.283. The molecule has 0 bridgehead atoms. The molecule has 0 fully saturated rings. The molecule has 24 heavy (non-hydrogen) atoms. The van der Waals surface area contributed by atoms with Crippen LogP contribution in [0.1, 0.15) is 29.9 Å². The summed E-state index contributed by atoms with van der Waals surface area (Å²) < 4.78 is 4.75. The number of rotatable bonds is 2. The molecular formula is C19H19ClN2O2. The molecule has 3 aromatic rings. The number of carbonyl (C=O) groups excluding carboxylic acids is 1. The van der Waals surface area contributed by atoms with Gasteiger partial charge in [0.1, 0.15) is 0 Å². The Labute approximate surface area is 146 Å². The monoisotopic (exact) mass is 342 g/mol. The van der Waals surface area contributed by atoms with Gasteiger partial charge in [-0.15, -0.1) is 0 Å². The van der Waals surface area contributed by atoms with Crippen molar-refractivity contribution in [1.29, 1.82) is 0 Å². The van der Waals surface area contributed by atoms with Crippen LogP contribution in [-0.4, -0.2) is 23.0 Å². The number of methoxy groups -OCH3 is 1. The molecule has 1 aromatic carbocycles. The number of halogens is 1. The number of benzene rings is 1. The van der Waals surface area contributed by atoms with Crippen molar-refractivity contribution in [2.24, 2.45) is 0 Å². The molecule has 0 radical (unpaired) electrons. The second-order valence-electron chi connectivity index (χ2n) is 4.85. The molecule has 0 aliphatic heterocycles. The lowest BCUT2D eigenvalue weighted by atomic mass is 10.0. The number of aryl methyl sites for hydroxylation is 1. The molecule has 0 aliphatic carbocycles. The van der Waals surface area contributed by atoms with Crippen LogP contribution >= 0.6 is 11.6 Å². The normalized spacial score (nSPS) is 10.0. The van der Waals surface area contributed by atoms with Crippen molar-refractivity contribution in [3.63, 3.8) is 0 Å². The number of aromatic nitrogens is 2. The largest absolute Gasteiger partial charge is 0.464 e. The number of pyridine rings is 2. The van der Waals surface area contributed by atoms with E-state index in [1.165, 1.54) is 7.11 Å². The molecule has 0 N–H and O–H groups in total. The van der Waals surface area contributed by atoms with Crippen LogP contribution in [0.4, 0.5) is 0 Å². The summed E-state index contributed by atoms with van der Waals surface area (Å²) in [4.78, 5) is 20.4. The van der Waals surface area contributed by atoms with E-state index in [1.807, 2.05) is 51.1 Å². The first-order chi connectivity index (χ1) is 11.6. The van der Waals surface area contributed by atoms with Crippen LogP contribution in [0.2, 0.25) is 5.02 Å². The van der Waals surface area contributed by atoms with Gasteiger partial charge >= 0.3 is 5.97 Å². The SMILES string of the molecule is CC.COC(=O)c1ncc2c(-c3cccc(Cl)c3)ccnc2c1C. The standard InChI is InChI=1S/C17H13ClN2O2.C2H6/c1-10-15-14(9-20-16(10)17(21)22-2)13(6-7-19-15)11-4-3-5-12(18)8-11;1-2/h3-9H,1-2H3;1-2H3. The molecule has 0 amide bonds. The number of ether oxygens (including phenoxy) is 1. The summed E-state index contributed by atoms with van der Waals surface area (Å²) in [5.74, 6) is -0.464. The Morgan fingerprint density at radius 2 is 1.92 bits per heavy atom. The summed E-state index contributed by atoms with van der Waals surface area (Å²) in [6, 6.07) is 9.50. The van der Waals surface area contributed by atoms with E-state index in [9.17, 15) is 4.79 Å². The van der Waals surface area contributed by atoms with Gasteiger partial charge in [0.2, 0.25) is 0 Å². The Bertz CT molecular complexity index is 878. The van der Waals surface area contributed by atoms with Gasteiger partial charge in [0.15, 0.2) is 5.69 Å². The molecule has 0 unspecified atom stereocenters. The Kier molecular flexibility index (Phi) is 5.88. The number of carbonyl (C=O) groups is 1. The van der Waals surface area contributed by atoms with Gasteiger partial charge in [0, 0.05) is 28.4 Å². The predicted octanol–water partition coefficient (Wildman–Crippen LogP) is 5.07. The average molecular weight is 343 g/mol. The van der Waals surface area contributed by atoms with Gasteiger partial charge in [-0.05, 0) is 36.2 Å². The highest BCUT2D eigenvalue weighted by Crippen LogP contribution is 2.30. The first-order valence-corrected chi connectivity index (χ1v) is 8.08. The molecule has 2 aromatic heterocycles. The molecule has 0 aliphatic rings. The summed E-state index contributed by atoms with van der Waals surface area (Å²) in [7, 11) is 1.34. The van der Waals surface area contributed by atoms with Gasteiger partial charge in [-0.2, -0.15) is 0 Å². The smallest absolute Gasteiger partial charge is 0.356 e. The van der Waals surface area contributed by atoms with Crippen molar-refractivity contribution >= 4 is 28.5 Å². The maximum Gasteiger partial charge on any atom is 0.356 e. The van der Waals surface area contributed by atoms with E-state index >= 15 is 0 Å². The van der Waals surface area contributed by atoms with Crippen molar-refractivity contribution in [3.8, 4) is 11.1 Å². The van der Waals surface area contributed by atoms with Crippen LogP contribution in [0.25, 0.3) is 22.0 Å². The highest BCUT2D eigenvalue weighted by Gasteiger charge is 2.16. The van der Waals surface area contributed by atoms with Crippen LogP contribution in [0.5, 0.6) is 0 Å². The van der Waals surface area contributed by atoms with E-state index in [0.29, 0.717) is 10.6 Å². The topological polar surface area (TPSA) is 52.1 Å². The van der Waals surface area contributed by atoms with E-state index in [0.717, 1.165) is 22.0 Å². The van der Waals surface area contributed by atoms with Crippen LogP contribution in [-0.2, 0) is 4.74 Å². The zero-order valence-corrected chi connectivity index (χ0v) is 14.9. The van der Waals surface area contributed by atoms with E-state index in [2.05, 4.69) is 9.97 Å². The minimum atomic E-state index is -0.464. The van der Waals surface area contributed by atoms with Gasteiger partial charge in [-0.1, -0.05) is 37.6 Å². The number of hydrogen-bond acceptors (Lipinski definition) is 4. The van der Waals surface area contributed by atoms with Gasteiger partial charge in [0.25, 0.3) is 0 Å². The lowest BCUT2D eigenvalue weighted by Gasteiger charge is -2.10. The zero-order chi connectivity index (χ0) is 17.7. The molecule has 0 saturated heterocycles. The maximum absolute atomic E-state index is 11.7. The van der Waals surface area contributed by atoms with E-state index in [-0.39, 0.29) is 5.69 Å². The second kappa shape index (κ2) is 7.88. The van der Waals surface area contributed by atoms with E-state index in [1.54, 1.807) is 12.4 Å². The Balaban J connectivity index is 0.00000100. The summed E-state index contributed by atoms with van der Waals surface area (Å²) in [5, 5.41) is 1.54. The predicted molar refractivity (Wildman–Crippen MR) is 97.4 cm³/mol. The number of esters is 1. The van der Waals surface area contributed by atoms with Crippen LogP contribution in [0.15, 0.2) is 42.7 Å². The van der Waals surface area contributed by atoms with Gasteiger partial charge in [-0.3, -0.25) is 4.98 Å². The number of fused-ring (bicyclic) bond motifs is 1. The molecule has 0 spiro atoms. The summed E-state index contributed by atoms with van der Waals surface area (Å²) in [6.07, 6.45) is 3.37. The fraction of sp³-hybridized carbons (Fsp3) is 0.211. The first-order valence-electron chi connectivity index (χ1n) is 7.70. The molecule has 5 heteroatoms. The highest BCUT2D eigenvalue weighted by atomic mass is 35.5. The second-order valence-corrected chi connectivity index (χ2v) is 5.29. The fourth-order valence-electron chi connectivity index (χ4n) is 2.45. The van der Waals surface area contributed by atoms with Crippen LogP contribution in [0.3, 0.4) is 0 Å². The highest BCUT2D eigenvalue weighted by molar-refractivity contribution is 6.30. The third kappa shape index (κ3) is 3.39. The molecular weight excluding hydrogens is 324 g/mol. The van der Waals surface area contributed by atoms with Crippen LogP contribution < -0.4 is 0 Å². The number of nitrogens with zero attached hydrogens (tertiary/aromatic N) is 2. The molecule has 0 saturated carbocycles. The van der Waals surface area contributed by atoms with Crippen molar-refractivity contribution < 1.29 is 9.53 Å². The minimum Gasteiger partial charge on any atom is -0.464 e. The Morgan fingerprint density at radius 1 is 1.17 bits per heavy atom. The molecule has 4 nitrogen and oxygen atoms in total. The molecule has 2 heterocycles. The third-order valence-corrected chi connectivity index (χ3v) is 3.77. The van der Waals surface area contributed by atoms with E-state index < -0.39 is 5.97 Å². The van der Waals surface area contributed by atoms with Crippen molar-refractivity contribution in [2.45, 2.75) is 20.8 Å². The maximum atomic E-state index is 11.7. The van der Waals surface area contributed by atoms with Gasteiger partial charge in [0.05, 0.1) is 12.6 Å². The molecule has 3 rings (SSSR count). The quantitative estimate of drug-likeness (QED) is 0.610. The van der Waals surface area contributed by atoms with Crippen molar-refractivity contribution in [2.75, 3.05) is 7.11 Å². The number of hydrogen-bond donors (Lipinski definition) is 0. The summed E-state index contributed by atoms with van der Waals surface area (Å²) in [5.41, 5.74) is 3.67. The average Bonchev–Trinajstić information content (AvgIpc) is 2.63. The molecule has 124 valence electrons.